The lowest BCUT2D eigenvalue weighted by Gasteiger charge is -2.34. The Kier molecular flexibility index (Phi) is 6.61. The lowest BCUT2D eigenvalue weighted by atomic mass is 10.2. The molecule has 2 aromatic carbocycles. The molecule has 0 aliphatic carbocycles. The zero-order valence-corrected chi connectivity index (χ0v) is 16.7. The van der Waals surface area contributed by atoms with E-state index in [1.54, 1.807) is 12.1 Å². The van der Waals surface area contributed by atoms with Gasteiger partial charge in [-0.1, -0.05) is 42.5 Å². The molecule has 3 rings (SSSR count). The largest absolute Gasteiger partial charge is 0.336 e. The molecule has 7 heteroatoms. The minimum Gasteiger partial charge on any atom is -0.336 e. The number of sulfonamides is 1. The number of benzene rings is 2. The van der Waals surface area contributed by atoms with E-state index in [-0.39, 0.29) is 10.8 Å². The molecule has 148 valence electrons. The van der Waals surface area contributed by atoms with Crippen LogP contribution in [-0.2, 0) is 10.0 Å². The third kappa shape index (κ3) is 5.07. The first-order chi connectivity index (χ1) is 13.5. The summed E-state index contributed by atoms with van der Waals surface area (Å²) in [4.78, 5) is 16.9. The number of nitrogens with one attached hydrogen (secondary N) is 1. The average molecular weight is 400 g/mol. The van der Waals surface area contributed by atoms with Gasteiger partial charge in [-0.3, -0.25) is 9.69 Å². The fourth-order valence-corrected chi connectivity index (χ4v) is 3.84. The van der Waals surface area contributed by atoms with E-state index in [0.29, 0.717) is 18.7 Å². The zero-order chi connectivity index (χ0) is 20.0. The van der Waals surface area contributed by atoms with Crippen molar-refractivity contribution >= 4 is 22.0 Å². The van der Waals surface area contributed by atoms with E-state index in [9.17, 15) is 13.2 Å². The molecule has 1 heterocycles. The molecule has 0 unspecified atom stereocenters. The summed E-state index contributed by atoms with van der Waals surface area (Å²) in [6.45, 7) is 3.81. The van der Waals surface area contributed by atoms with Crippen LogP contribution in [0.5, 0.6) is 0 Å². The maximum absolute atomic E-state index is 12.7. The number of nitrogens with zero attached hydrogens (tertiary/aromatic N) is 2. The van der Waals surface area contributed by atoms with Gasteiger partial charge in [0, 0.05) is 38.3 Å². The van der Waals surface area contributed by atoms with E-state index in [4.69, 9.17) is 0 Å². The third-order valence-corrected chi connectivity index (χ3v) is 6.24. The first-order valence-corrected chi connectivity index (χ1v) is 10.7. The van der Waals surface area contributed by atoms with Crippen molar-refractivity contribution in [3.05, 3.63) is 71.8 Å². The van der Waals surface area contributed by atoms with Gasteiger partial charge in [-0.05, 0) is 36.9 Å². The molecule has 0 bridgehead atoms. The van der Waals surface area contributed by atoms with Crippen LogP contribution in [0.2, 0.25) is 0 Å². The zero-order valence-electron chi connectivity index (χ0n) is 15.9. The van der Waals surface area contributed by atoms with Gasteiger partial charge in [0.15, 0.2) is 0 Å². The van der Waals surface area contributed by atoms with E-state index in [0.717, 1.165) is 19.6 Å². The molecule has 0 saturated carbocycles. The summed E-state index contributed by atoms with van der Waals surface area (Å²) in [7, 11) is -2.13. The Morgan fingerprint density at radius 3 is 2.25 bits per heavy atom. The van der Waals surface area contributed by atoms with Crippen molar-refractivity contribution in [2.24, 2.45) is 0 Å². The van der Waals surface area contributed by atoms with E-state index in [2.05, 4.69) is 33.9 Å². The number of piperazine rings is 1. The van der Waals surface area contributed by atoms with Crippen molar-refractivity contribution in [1.82, 2.24) is 14.5 Å². The maximum atomic E-state index is 12.7. The van der Waals surface area contributed by atoms with Crippen LogP contribution in [0.3, 0.4) is 0 Å². The number of rotatable bonds is 6. The van der Waals surface area contributed by atoms with Gasteiger partial charge in [-0.2, -0.15) is 0 Å². The number of carbonyl (C=O) groups excluding carboxylic acids is 1. The summed E-state index contributed by atoms with van der Waals surface area (Å²) < 4.78 is 25.8. The van der Waals surface area contributed by atoms with Crippen LogP contribution in [0, 0.1) is 0 Å². The standard InChI is InChI=1S/C21H25N3O3S/c1-22-28(26,27)20-11-9-19(10-12-20)21(25)24-16-14-23(15-17-24)13-5-8-18-6-3-2-4-7-18/h2-12,22H,13-17H2,1H3/b8-5+. The number of carbonyl (C=O) groups is 1. The Morgan fingerprint density at radius 2 is 1.64 bits per heavy atom. The van der Waals surface area contributed by atoms with E-state index in [1.165, 1.54) is 24.7 Å². The summed E-state index contributed by atoms with van der Waals surface area (Å²) in [6.07, 6.45) is 4.26. The smallest absolute Gasteiger partial charge is 0.253 e. The SMILES string of the molecule is CNS(=O)(=O)c1ccc(C(=O)N2CCN(C/C=C/c3ccccc3)CC2)cc1. The van der Waals surface area contributed by atoms with Gasteiger partial charge in [0.1, 0.15) is 0 Å². The molecule has 0 atom stereocenters. The molecule has 28 heavy (non-hydrogen) atoms. The van der Waals surface area contributed by atoms with Crippen LogP contribution in [0.1, 0.15) is 15.9 Å². The first-order valence-electron chi connectivity index (χ1n) is 9.26. The van der Waals surface area contributed by atoms with Crippen molar-refractivity contribution < 1.29 is 13.2 Å². The number of hydrogen-bond donors (Lipinski definition) is 1. The Balaban J connectivity index is 1.51. The van der Waals surface area contributed by atoms with E-state index < -0.39 is 10.0 Å². The summed E-state index contributed by atoms with van der Waals surface area (Å²) in [5, 5.41) is 0. The van der Waals surface area contributed by atoms with Crippen LogP contribution in [0.25, 0.3) is 6.08 Å². The summed E-state index contributed by atoms with van der Waals surface area (Å²) in [6, 6.07) is 16.2. The van der Waals surface area contributed by atoms with Crippen molar-refractivity contribution in [3.8, 4) is 0 Å². The topological polar surface area (TPSA) is 69.7 Å². The summed E-state index contributed by atoms with van der Waals surface area (Å²) >= 11 is 0. The highest BCUT2D eigenvalue weighted by atomic mass is 32.2. The van der Waals surface area contributed by atoms with Gasteiger partial charge < -0.3 is 4.90 Å². The molecule has 1 amide bonds. The first kappa shape index (κ1) is 20.3. The van der Waals surface area contributed by atoms with Crippen molar-refractivity contribution in [2.75, 3.05) is 39.8 Å². The predicted molar refractivity (Wildman–Crippen MR) is 111 cm³/mol. The van der Waals surface area contributed by atoms with Crippen molar-refractivity contribution in [2.45, 2.75) is 4.90 Å². The van der Waals surface area contributed by atoms with Crippen LogP contribution in [-0.4, -0.2) is 63.9 Å². The van der Waals surface area contributed by atoms with Gasteiger partial charge in [0.05, 0.1) is 4.90 Å². The normalized spacial score (nSPS) is 15.8. The van der Waals surface area contributed by atoms with Crippen molar-refractivity contribution in [1.29, 1.82) is 0 Å². The molecule has 0 spiro atoms. The lowest BCUT2D eigenvalue weighted by Crippen LogP contribution is -2.48. The van der Waals surface area contributed by atoms with Gasteiger partial charge in [0.25, 0.3) is 5.91 Å². The van der Waals surface area contributed by atoms with Crippen molar-refractivity contribution in [3.63, 3.8) is 0 Å². The molecule has 0 aromatic heterocycles. The Hall–Kier alpha value is -2.48. The Labute approximate surface area is 166 Å². The monoisotopic (exact) mass is 399 g/mol. The molecule has 1 fully saturated rings. The second-order valence-electron chi connectivity index (χ2n) is 6.64. The maximum Gasteiger partial charge on any atom is 0.253 e. The predicted octanol–water partition coefficient (Wildman–Crippen LogP) is 2.07. The summed E-state index contributed by atoms with van der Waals surface area (Å²) in [5.74, 6) is -0.0621. The van der Waals surface area contributed by atoms with Crippen LogP contribution >= 0.6 is 0 Å². The molecule has 2 aromatic rings. The van der Waals surface area contributed by atoms with Gasteiger partial charge in [-0.25, -0.2) is 13.1 Å². The third-order valence-electron chi connectivity index (χ3n) is 4.81. The number of hydrogen-bond acceptors (Lipinski definition) is 4. The highest BCUT2D eigenvalue weighted by Crippen LogP contribution is 2.13. The molecular weight excluding hydrogens is 374 g/mol. The van der Waals surface area contributed by atoms with Gasteiger partial charge >= 0.3 is 0 Å². The van der Waals surface area contributed by atoms with E-state index >= 15 is 0 Å². The lowest BCUT2D eigenvalue weighted by molar-refractivity contribution is 0.0650. The molecule has 1 aliphatic heterocycles. The molecule has 6 nitrogen and oxygen atoms in total. The minimum atomic E-state index is -3.49. The Bertz CT molecular complexity index is 917. The van der Waals surface area contributed by atoms with E-state index in [1.807, 2.05) is 23.1 Å². The molecule has 1 aliphatic rings. The fourth-order valence-electron chi connectivity index (χ4n) is 3.11. The second kappa shape index (κ2) is 9.14. The average Bonchev–Trinajstić information content (AvgIpc) is 2.74. The highest BCUT2D eigenvalue weighted by molar-refractivity contribution is 7.89. The number of amides is 1. The van der Waals surface area contributed by atoms with Crippen LogP contribution in [0.4, 0.5) is 0 Å². The van der Waals surface area contributed by atoms with Gasteiger partial charge in [-0.15, -0.1) is 0 Å². The van der Waals surface area contributed by atoms with Gasteiger partial charge in [0.2, 0.25) is 10.0 Å². The minimum absolute atomic E-state index is 0.0621. The summed E-state index contributed by atoms with van der Waals surface area (Å²) in [5.41, 5.74) is 1.69. The fraction of sp³-hybridized carbons (Fsp3) is 0.286. The highest BCUT2D eigenvalue weighted by Gasteiger charge is 2.22. The second-order valence-corrected chi connectivity index (χ2v) is 8.52. The molecule has 0 radical (unpaired) electrons. The molecule has 1 N–H and O–H groups in total. The molecule has 1 saturated heterocycles. The van der Waals surface area contributed by atoms with Crippen LogP contribution < -0.4 is 4.72 Å². The van der Waals surface area contributed by atoms with Crippen LogP contribution in [0.15, 0.2) is 65.6 Å². The quantitative estimate of drug-likeness (QED) is 0.807. The Morgan fingerprint density at radius 1 is 1.00 bits per heavy atom. The molecular formula is C21H25N3O3S.